The lowest BCUT2D eigenvalue weighted by molar-refractivity contribution is 0.314. The largest absolute Gasteiger partial charge is 0.487 e. The molecule has 0 amide bonds. The molecule has 0 aromatic heterocycles. The summed E-state index contributed by atoms with van der Waals surface area (Å²) in [6.07, 6.45) is 0. The molecule has 0 bridgehead atoms. The SMILES string of the molecule is C=C(COc1ccccc1)/N=C(/C)ON. The van der Waals surface area contributed by atoms with Crippen molar-refractivity contribution in [3.8, 4) is 5.75 Å². The molecule has 0 aliphatic rings. The predicted molar refractivity (Wildman–Crippen MR) is 59.5 cm³/mol. The molecule has 0 aliphatic heterocycles. The minimum atomic E-state index is 0.310. The van der Waals surface area contributed by atoms with E-state index in [4.69, 9.17) is 10.6 Å². The van der Waals surface area contributed by atoms with E-state index in [1.54, 1.807) is 6.92 Å². The predicted octanol–water partition coefficient (Wildman–Crippen LogP) is 1.89. The summed E-state index contributed by atoms with van der Waals surface area (Å²) in [4.78, 5) is 8.37. The van der Waals surface area contributed by atoms with Gasteiger partial charge >= 0.3 is 0 Å². The van der Waals surface area contributed by atoms with Gasteiger partial charge in [-0.3, -0.25) is 0 Å². The Morgan fingerprint density at radius 1 is 1.40 bits per heavy atom. The van der Waals surface area contributed by atoms with Crippen molar-refractivity contribution in [1.82, 2.24) is 0 Å². The van der Waals surface area contributed by atoms with Gasteiger partial charge in [0, 0.05) is 6.92 Å². The first-order chi connectivity index (χ1) is 7.22. The van der Waals surface area contributed by atoms with Crippen molar-refractivity contribution in [2.45, 2.75) is 6.92 Å². The number of hydrogen-bond donors (Lipinski definition) is 1. The number of nitrogens with zero attached hydrogens (tertiary/aromatic N) is 1. The molecular weight excluding hydrogens is 192 g/mol. The molecule has 0 atom stereocenters. The Hall–Kier alpha value is -1.81. The number of benzene rings is 1. The van der Waals surface area contributed by atoms with Gasteiger partial charge in [-0.2, -0.15) is 5.90 Å². The number of nitrogens with two attached hydrogens (primary N) is 1. The first-order valence-corrected chi connectivity index (χ1v) is 4.50. The van der Waals surface area contributed by atoms with E-state index in [1.165, 1.54) is 0 Å². The summed E-state index contributed by atoms with van der Waals surface area (Å²) in [7, 11) is 0. The van der Waals surface area contributed by atoms with Gasteiger partial charge < -0.3 is 9.57 Å². The van der Waals surface area contributed by atoms with Crippen LogP contribution in [0.15, 0.2) is 47.6 Å². The van der Waals surface area contributed by atoms with Gasteiger partial charge in [-0.15, -0.1) is 0 Å². The maximum absolute atomic E-state index is 5.41. The van der Waals surface area contributed by atoms with Crippen LogP contribution in [-0.4, -0.2) is 12.5 Å². The summed E-state index contributed by atoms with van der Waals surface area (Å²) in [6.45, 7) is 5.67. The van der Waals surface area contributed by atoms with E-state index < -0.39 is 0 Å². The molecule has 0 heterocycles. The molecule has 2 N–H and O–H groups in total. The molecule has 0 saturated heterocycles. The van der Waals surface area contributed by atoms with Gasteiger partial charge in [0.25, 0.3) is 0 Å². The summed E-state index contributed by atoms with van der Waals surface area (Å²) < 4.78 is 5.41. The third-order valence-corrected chi connectivity index (χ3v) is 1.63. The molecule has 1 rings (SSSR count). The molecule has 0 unspecified atom stereocenters. The highest BCUT2D eigenvalue weighted by Crippen LogP contribution is 2.09. The summed E-state index contributed by atoms with van der Waals surface area (Å²) >= 11 is 0. The number of para-hydroxylation sites is 1. The van der Waals surface area contributed by atoms with Gasteiger partial charge in [-0.25, -0.2) is 4.99 Å². The fourth-order valence-electron chi connectivity index (χ4n) is 0.965. The first-order valence-electron chi connectivity index (χ1n) is 4.50. The number of aliphatic imine (C=N–C) groups is 1. The average Bonchev–Trinajstić information content (AvgIpc) is 2.27. The van der Waals surface area contributed by atoms with Crippen LogP contribution in [0.4, 0.5) is 0 Å². The van der Waals surface area contributed by atoms with Crippen molar-refractivity contribution in [2.75, 3.05) is 6.61 Å². The smallest absolute Gasteiger partial charge is 0.210 e. The maximum Gasteiger partial charge on any atom is 0.210 e. The van der Waals surface area contributed by atoms with Crippen molar-refractivity contribution >= 4 is 5.90 Å². The molecule has 0 fully saturated rings. The van der Waals surface area contributed by atoms with Crippen LogP contribution in [-0.2, 0) is 4.84 Å². The van der Waals surface area contributed by atoms with Crippen LogP contribution in [0.5, 0.6) is 5.75 Å². The molecule has 15 heavy (non-hydrogen) atoms. The zero-order valence-electron chi connectivity index (χ0n) is 8.64. The van der Waals surface area contributed by atoms with Crippen LogP contribution in [0, 0.1) is 0 Å². The molecular formula is C11H14N2O2. The molecule has 0 radical (unpaired) electrons. The van der Waals surface area contributed by atoms with Gasteiger partial charge in [0.2, 0.25) is 5.90 Å². The van der Waals surface area contributed by atoms with Crippen LogP contribution in [0.1, 0.15) is 6.92 Å². The monoisotopic (exact) mass is 206 g/mol. The third-order valence-electron chi connectivity index (χ3n) is 1.63. The Balaban J connectivity index is 2.41. The second kappa shape index (κ2) is 5.82. The molecule has 4 heteroatoms. The van der Waals surface area contributed by atoms with E-state index in [0.29, 0.717) is 18.2 Å². The normalized spacial score (nSPS) is 10.9. The Bertz CT molecular complexity index is 347. The Kier molecular flexibility index (Phi) is 4.37. The minimum absolute atomic E-state index is 0.310. The highest BCUT2D eigenvalue weighted by atomic mass is 16.6. The van der Waals surface area contributed by atoms with Gasteiger partial charge in [0.15, 0.2) is 0 Å². The molecule has 0 spiro atoms. The molecule has 4 nitrogen and oxygen atoms in total. The topological polar surface area (TPSA) is 56.8 Å². The Labute approximate surface area is 89.0 Å². The summed E-state index contributed by atoms with van der Waals surface area (Å²) in [5, 5.41) is 0. The van der Waals surface area contributed by atoms with Crippen LogP contribution in [0.25, 0.3) is 0 Å². The second-order valence-corrected chi connectivity index (χ2v) is 2.92. The molecule has 0 saturated carbocycles. The van der Waals surface area contributed by atoms with E-state index in [9.17, 15) is 0 Å². The standard InChI is InChI=1S/C11H14N2O2/c1-9(13-10(2)15-12)8-14-11-6-4-3-5-7-11/h3-7H,1,8,12H2,2H3/b13-10-. The van der Waals surface area contributed by atoms with Crippen molar-refractivity contribution < 1.29 is 9.57 Å². The van der Waals surface area contributed by atoms with Crippen LogP contribution in [0.3, 0.4) is 0 Å². The van der Waals surface area contributed by atoms with Crippen LogP contribution < -0.4 is 10.6 Å². The van der Waals surface area contributed by atoms with E-state index in [1.807, 2.05) is 30.3 Å². The number of hydrogen-bond acceptors (Lipinski definition) is 4. The highest BCUT2D eigenvalue weighted by molar-refractivity contribution is 5.73. The minimum Gasteiger partial charge on any atom is -0.487 e. The zero-order valence-corrected chi connectivity index (χ0v) is 8.64. The molecule has 1 aromatic carbocycles. The van der Waals surface area contributed by atoms with Gasteiger partial charge in [-0.1, -0.05) is 24.8 Å². The Morgan fingerprint density at radius 3 is 2.67 bits per heavy atom. The lowest BCUT2D eigenvalue weighted by Crippen LogP contribution is -2.07. The zero-order chi connectivity index (χ0) is 11.1. The quantitative estimate of drug-likeness (QED) is 0.465. The highest BCUT2D eigenvalue weighted by Gasteiger charge is 1.96. The van der Waals surface area contributed by atoms with Gasteiger partial charge in [-0.05, 0) is 12.1 Å². The van der Waals surface area contributed by atoms with Crippen molar-refractivity contribution in [3.05, 3.63) is 42.6 Å². The van der Waals surface area contributed by atoms with Crippen molar-refractivity contribution in [2.24, 2.45) is 10.9 Å². The van der Waals surface area contributed by atoms with Crippen molar-refractivity contribution in [1.29, 1.82) is 0 Å². The van der Waals surface area contributed by atoms with E-state index in [0.717, 1.165) is 5.75 Å². The summed E-state index contributed by atoms with van der Waals surface area (Å²) in [5.41, 5.74) is 0.557. The lowest BCUT2D eigenvalue weighted by Gasteiger charge is -2.05. The second-order valence-electron chi connectivity index (χ2n) is 2.92. The third kappa shape index (κ3) is 4.28. The van der Waals surface area contributed by atoms with E-state index >= 15 is 0 Å². The van der Waals surface area contributed by atoms with Gasteiger partial charge in [0.1, 0.15) is 12.4 Å². The summed E-state index contributed by atoms with van der Waals surface area (Å²) in [6, 6.07) is 9.45. The van der Waals surface area contributed by atoms with E-state index in [-0.39, 0.29) is 0 Å². The first kappa shape index (κ1) is 11.3. The fraction of sp³-hybridized carbons (Fsp3) is 0.182. The molecule has 80 valence electrons. The Morgan fingerprint density at radius 2 is 2.07 bits per heavy atom. The lowest BCUT2D eigenvalue weighted by atomic mass is 10.3. The fourth-order valence-corrected chi connectivity index (χ4v) is 0.965. The average molecular weight is 206 g/mol. The number of ether oxygens (including phenoxy) is 1. The maximum atomic E-state index is 5.41. The molecule has 1 aromatic rings. The van der Waals surface area contributed by atoms with Gasteiger partial charge in [0.05, 0.1) is 5.70 Å². The number of rotatable bonds is 4. The van der Waals surface area contributed by atoms with Crippen LogP contribution in [0.2, 0.25) is 0 Å². The summed E-state index contributed by atoms with van der Waals surface area (Å²) in [5.74, 6) is 6.05. The molecule has 0 aliphatic carbocycles. The van der Waals surface area contributed by atoms with Crippen molar-refractivity contribution in [3.63, 3.8) is 0 Å². The van der Waals surface area contributed by atoms with E-state index in [2.05, 4.69) is 16.4 Å². The van der Waals surface area contributed by atoms with Crippen LogP contribution >= 0.6 is 0 Å².